The summed E-state index contributed by atoms with van der Waals surface area (Å²) in [6, 6.07) is 0.454. The number of hydrogen-bond acceptors (Lipinski definition) is 3. The summed E-state index contributed by atoms with van der Waals surface area (Å²) >= 11 is 0. The average Bonchev–Trinajstić information content (AvgIpc) is 3.03. The number of carbonyl (C=O) groups is 1. The third-order valence-electron chi connectivity index (χ3n) is 10.5. The van der Waals surface area contributed by atoms with Gasteiger partial charge in [-0.05, 0) is 111 Å². The molecule has 4 rings (SSSR count). The number of nitrogens with two attached hydrogens (primary N) is 1. The van der Waals surface area contributed by atoms with Crippen molar-refractivity contribution in [2.75, 3.05) is 7.11 Å². The fourth-order valence-electron chi connectivity index (χ4n) is 8.92. The largest absolute Gasteiger partial charge is 0.469 e. The van der Waals surface area contributed by atoms with Crippen LogP contribution in [0.1, 0.15) is 91.4 Å². The van der Waals surface area contributed by atoms with Crippen molar-refractivity contribution in [1.29, 1.82) is 0 Å². The minimum absolute atomic E-state index is 0.0444. The van der Waals surface area contributed by atoms with Gasteiger partial charge >= 0.3 is 5.97 Å². The van der Waals surface area contributed by atoms with E-state index >= 15 is 0 Å². The van der Waals surface area contributed by atoms with Gasteiger partial charge in [0.05, 0.1) is 7.11 Å². The van der Waals surface area contributed by atoms with Gasteiger partial charge in [0.1, 0.15) is 0 Å². The molecule has 4 fully saturated rings. The van der Waals surface area contributed by atoms with Crippen molar-refractivity contribution in [1.82, 2.24) is 0 Å². The number of fused-ring (bicyclic) bond motifs is 5. The molecular formula is C25H43NO2. The highest BCUT2D eigenvalue weighted by Gasteiger charge is 2.60. The van der Waals surface area contributed by atoms with E-state index in [4.69, 9.17) is 10.5 Å². The van der Waals surface area contributed by atoms with Gasteiger partial charge in [-0.25, -0.2) is 0 Å². The maximum absolute atomic E-state index is 11.6. The van der Waals surface area contributed by atoms with E-state index in [2.05, 4.69) is 20.8 Å². The average molecular weight is 390 g/mol. The quantitative estimate of drug-likeness (QED) is 0.640. The fourth-order valence-corrected chi connectivity index (χ4v) is 8.92. The molecular weight excluding hydrogens is 346 g/mol. The highest BCUT2D eigenvalue weighted by Crippen LogP contribution is 2.68. The smallest absolute Gasteiger partial charge is 0.305 e. The van der Waals surface area contributed by atoms with E-state index in [1.165, 1.54) is 64.9 Å². The minimum atomic E-state index is -0.0444. The third kappa shape index (κ3) is 3.24. The second-order valence-corrected chi connectivity index (χ2v) is 11.5. The standard InChI is InChI=1S/C25H43NO2/c1-16(5-10-23(27)28-4)20-8-9-21-19-7-6-17-15-18(26)11-13-24(17,2)22(19)12-14-25(20,21)3/h16-22H,5-15,26H2,1-4H3/t16?,17?,18?,19?,20-,21?,22?,24+,25-/m1/s1. The molecule has 0 aromatic carbocycles. The van der Waals surface area contributed by atoms with E-state index in [1.807, 2.05) is 0 Å². The van der Waals surface area contributed by atoms with Crippen molar-refractivity contribution in [3.63, 3.8) is 0 Å². The molecule has 4 saturated carbocycles. The lowest BCUT2D eigenvalue weighted by molar-refractivity contribution is -0.141. The Morgan fingerprint density at radius 3 is 2.50 bits per heavy atom. The molecule has 0 amide bonds. The summed E-state index contributed by atoms with van der Waals surface area (Å²) in [5, 5.41) is 0. The Morgan fingerprint density at radius 2 is 1.75 bits per heavy atom. The molecule has 4 aliphatic rings. The summed E-state index contributed by atoms with van der Waals surface area (Å²) < 4.78 is 4.89. The Labute approximate surface area is 172 Å². The first kappa shape index (κ1) is 20.7. The Bertz CT molecular complexity index is 591. The Hall–Kier alpha value is -0.570. The van der Waals surface area contributed by atoms with E-state index in [9.17, 15) is 4.79 Å². The van der Waals surface area contributed by atoms with Crippen molar-refractivity contribution in [2.24, 2.45) is 52.1 Å². The summed E-state index contributed by atoms with van der Waals surface area (Å²) in [4.78, 5) is 11.6. The third-order valence-corrected chi connectivity index (χ3v) is 10.5. The summed E-state index contributed by atoms with van der Waals surface area (Å²) in [7, 11) is 1.51. The Kier molecular flexibility index (Phi) is 5.61. The summed E-state index contributed by atoms with van der Waals surface area (Å²) in [5.74, 6) is 5.02. The number of methoxy groups -OCH3 is 1. The van der Waals surface area contributed by atoms with E-state index in [0.717, 1.165) is 36.0 Å². The number of carbonyl (C=O) groups excluding carboxylic acids is 1. The number of rotatable bonds is 4. The van der Waals surface area contributed by atoms with Crippen molar-refractivity contribution < 1.29 is 9.53 Å². The van der Waals surface area contributed by atoms with Crippen LogP contribution in [0.25, 0.3) is 0 Å². The Morgan fingerprint density at radius 1 is 1.04 bits per heavy atom. The van der Waals surface area contributed by atoms with E-state index in [-0.39, 0.29) is 5.97 Å². The molecule has 0 spiro atoms. The maximum atomic E-state index is 11.6. The molecule has 0 saturated heterocycles. The molecule has 4 aliphatic carbocycles. The van der Waals surface area contributed by atoms with Crippen molar-refractivity contribution in [2.45, 2.75) is 97.4 Å². The Balaban J connectivity index is 1.48. The second kappa shape index (κ2) is 7.60. The van der Waals surface area contributed by atoms with Crippen LogP contribution in [0.15, 0.2) is 0 Å². The van der Waals surface area contributed by atoms with Gasteiger partial charge in [0.15, 0.2) is 0 Å². The topological polar surface area (TPSA) is 52.3 Å². The first-order valence-electron chi connectivity index (χ1n) is 12.1. The molecule has 2 N–H and O–H groups in total. The van der Waals surface area contributed by atoms with E-state index in [0.29, 0.717) is 29.2 Å². The predicted octanol–water partition coefficient (Wildman–Crippen LogP) is 5.56. The number of esters is 1. The molecule has 3 heteroatoms. The van der Waals surface area contributed by atoms with Crippen LogP contribution in [0.4, 0.5) is 0 Å². The van der Waals surface area contributed by atoms with Crippen LogP contribution < -0.4 is 5.73 Å². The molecule has 0 aromatic heterocycles. The molecule has 160 valence electrons. The lowest BCUT2D eigenvalue weighted by Crippen LogP contribution is -2.54. The normalized spacial score (nSPS) is 48.9. The van der Waals surface area contributed by atoms with Gasteiger partial charge in [0.25, 0.3) is 0 Å². The van der Waals surface area contributed by atoms with Crippen LogP contribution in [0, 0.1) is 46.3 Å². The van der Waals surface area contributed by atoms with E-state index in [1.54, 1.807) is 0 Å². The zero-order valence-electron chi connectivity index (χ0n) is 18.7. The van der Waals surface area contributed by atoms with Crippen LogP contribution in [0.3, 0.4) is 0 Å². The van der Waals surface area contributed by atoms with Gasteiger partial charge in [0, 0.05) is 12.5 Å². The highest BCUT2D eigenvalue weighted by atomic mass is 16.5. The minimum Gasteiger partial charge on any atom is -0.469 e. The highest BCUT2D eigenvalue weighted by molar-refractivity contribution is 5.69. The molecule has 0 bridgehead atoms. The van der Waals surface area contributed by atoms with Crippen molar-refractivity contribution in [3.8, 4) is 0 Å². The fraction of sp³-hybridized carbons (Fsp3) is 0.960. The summed E-state index contributed by atoms with van der Waals surface area (Å²) in [6.45, 7) is 7.65. The zero-order chi connectivity index (χ0) is 20.1. The molecule has 0 aromatic rings. The molecule has 3 nitrogen and oxygen atoms in total. The van der Waals surface area contributed by atoms with Gasteiger partial charge in [-0.2, -0.15) is 0 Å². The summed E-state index contributed by atoms with van der Waals surface area (Å²) in [5.41, 5.74) is 7.39. The van der Waals surface area contributed by atoms with Crippen LogP contribution >= 0.6 is 0 Å². The first-order valence-corrected chi connectivity index (χ1v) is 12.1. The van der Waals surface area contributed by atoms with Crippen molar-refractivity contribution >= 4 is 5.97 Å². The number of hydrogen-bond donors (Lipinski definition) is 1. The monoisotopic (exact) mass is 389 g/mol. The van der Waals surface area contributed by atoms with Crippen LogP contribution in [-0.2, 0) is 9.53 Å². The van der Waals surface area contributed by atoms with Gasteiger partial charge < -0.3 is 10.5 Å². The SMILES string of the molecule is COC(=O)CCC(C)[C@H]1CCC2C3CCC4CC(N)CC[C@]4(C)C3CC[C@@]21C. The molecule has 6 unspecified atom stereocenters. The maximum Gasteiger partial charge on any atom is 0.305 e. The summed E-state index contributed by atoms with van der Waals surface area (Å²) in [6.07, 6.45) is 13.9. The van der Waals surface area contributed by atoms with Gasteiger partial charge in [-0.1, -0.05) is 20.8 Å². The number of ether oxygens (including phenoxy) is 1. The second-order valence-electron chi connectivity index (χ2n) is 11.5. The molecule has 9 atom stereocenters. The molecule has 0 heterocycles. The van der Waals surface area contributed by atoms with Crippen LogP contribution in [0.5, 0.6) is 0 Å². The van der Waals surface area contributed by atoms with E-state index < -0.39 is 0 Å². The van der Waals surface area contributed by atoms with Crippen LogP contribution in [0.2, 0.25) is 0 Å². The van der Waals surface area contributed by atoms with Gasteiger partial charge in [-0.15, -0.1) is 0 Å². The predicted molar refractivity (Wildman–Crippen MR) is 114 cm³/mol. The molecule has 0 aliphatic heterocycles. The van der Waals surface area contributed by atoms with Crippen LogP contribution in [-0.4, -0.2) is 19.1 Å². The van der Waals surface area contributed by atoms with Gasteiger partial charge in [0.2, 0.25) is 0 Å². The van der Waals surface area contributed by atoms with Crippen molar-refractivity contribution in [3.05, 3.63) is 0 Å². The lowest BCUT2D eigenvalue weighted by atomic mass is 9.44. The zero-order valence-corrected chi connectivity index (χ0v) is 18.7. The molecule has 28 heavy (non-hydrogen) atoms. The lowest BCUT2D eigenvalue weighted by Gasteiger charge is -2.61. The molecule has 0 radical (unpaired) electrons. The first-order chi connectivity index (χ1) is 13.3. The van der Waals surface area contributed by atoms with Gasteiger partial charge in [-0.3, -0.25) is 4.79 Å².